The van der Waals surface area contributed by atoms with Gasteiger partial charge in [-0.2, -0.15) is 0 Å². The molecule has 0 radical (unpaired) electrons. The fraction of sp³-hybridized carbons (Fsp3) is 0.565. The fourth-order valence-corrected chi connectivity index (χ4v) is 5.02. The van der Waals surface area contributed by atoms with E-state index in [0.29, 0.717) is 12.2 Å². The third-order valence-corrected chi connectivity index (χ3v) is 6.72. The number of nitrogens with zero attached hydrogens (tertiary/aromatic N) is 2. The zero-order chi connectivity index (χ0) is 20.3. The summed E-state index contributed by atoms with van der Waals surface area (Å²) in [6.45, 7) is 4.50. The number of aliphatic hydroxyl groups is 1. The van der Waals surface area contributed by atoms with Crippen LogP contribution in [0.3, 0.4) is 0 Å². The number of likely N-dealkylation sites (tertiary alicyclic amines) is 1. The van der Waals surface area contributed by atoms with Crippen LogP contribution in [0.1, 0.15) is 60.3 Å². The number of hydrogen-bond donors (Lipinski definition) is 2. The molecule has 2 aromatic rings. The number of hydrogen-bond acceptors (Lipinski definition) is 5. The van der Waals surface area contributed by atoms with Gasteiger partial charge in [-0.15, -0.1) is 0 Å². The maximum Gasteiger partial charge on any atom is 0.289 e. The van der Waals surface area contributed by atoms with Gasteiger partial charge in [-0.05, 0) is 64.1 Å². The molecule has 29 heavy (non-hydrogen) atoms. The Morgan fingerprint density at radius 2 is 1.97 bits per heavy atom. The van der Waals surface area contributed by atoms with Crippen LogP contribution in [0.4, 0.5) is 0 Å². The molecule has 6 heteroatoms. The molecule has 0 spiro atoms. The largest absolute Gasteiger partial charge is 0.391 e. The minimum Gasteiger partial charge on any atom is -0.391 e. The van der Waals surface area contributed by atoms with Crippen LogP contribution in [0.25, 0.3) is 0 Å². The van der Waals surface area contributed by atoms with Gasteiger partial charge in [-0.1, -0.05) is 35.5 Å². The van der Waals surface area contributed by atoms with E-state index in [-0.39, 0.29) is 29.2 Å². The molecule has 1 aromatic heterocycles. The lowest BCUT2D eigenvalue weighted by molar-refractivity contribution is 0.0569. The summed E-state index contributed by atoms with van der Waals surface area (Å²) in [6.07, 6.45) is 5.59. The van der Waals surface area contributed by atoms with E-state index >= 15 is 0 Å². The van der Waals surface area contributed by atoms with Gasteiger partial charge in [-0.25, -0.2) is 0 Å². The normalized spacial score (nSPS) is 28.2. The summed E-state index contributed by atoms with van der Waals surface area (Å²) in [4.78, 5) is 15.1. The second kappa shape index (κ2) is 8.67. The molecule has 4 rings (SSSR count). The highest BCUT2D eigenvalue weighted by Crippen LogP contribution is 2.39. The highest BCUT2D eigenvalue weighted by atomic mass is 16.5. The average Bonchev–Trinajstić information content (AvgIpc) is 3.39. The van der Waals surface area contributed by atoms with Gasteiger partial charge in [0, 0.05) is 24.1 Å². The van der Waals surface area contributed by atoms with Crippen molar-refractivity contribution in [3.8, 4) is 0 Å². The third-order valence-electron chi connectivity index (χ3n) is 6.72. The Morgan fingerprint density at radius 1 is 1.24 bits per heavy atom. The van der Waals surface area contributed by atoms with Gasteiger partial charge in [-0.3, -0.25) is 9.69 Å². The van der Waals surface area contributed by atoms with Gasteiger partial charge < -0.3 is 14.9 Å². The Balaban J connectivity index is 1.54. The Bertz CT molecular complexity index is 816. The highest BCUT2D eigenvalue weighted by Gasteiger charge is 2.40. The van der Waals surface area contributed by atoms with Gasteiger partial charge in [0.25, 0.3) is 5.91 Å². The zero-order valence-electron chi connectivity index (χ0n) is 17.1. The maximum absolute atomic E-state index is 12.6. The predicted octanol–water partition coefficient (Wildman–Crippen LogP) is 3.05. The van der Waals surface area contributed by atoms with Crippen LogP contribution in [0.15, 0.2) is 40.9 Å². The number of carbonyl (C=O) groups excluding carboxylic acids is 1. The lowest BCUT2D eigenvalue weighted by Crippen LogP contribution is -2.42. The van der Waals surface area contributed by atoms with Crippen molar-refractivity contribution >= 4 is 5.91 Å². The minimum absolute atomic E-state index is 0.193. The Morgan fingerprint density at radius 3 is 2.66 bits per heavy atom. The van der Waals surface area contributed by atoms with Crippen LogP contribution in [0, 0.1) is 6.92 Å². The minimum atomic E-state index is -0.314. The van der Waals surface area contributed by atoms with E-state index in [1.54, 1.807) is 13.0 Å². The van der Waals surface area contributed by atoms with Crippen molar-refractivity contribution < 1.29 is 14.4 Å². The van der Waals surface area contributed by atoms with Crippen molar-refractivity contribution in [2.24, 2.45) is 0 Å². The molecule has 1 saturated heterocycles. The van der Waals surface area contributed by atoms with Crippen LogP contribution in [-0.4, -0.2) is 52.9 Å². The summed E-state index contributed by atoms with van der Waals surface area (Å²) in [7, 11) is 0. The molecule has 2 N–H and O–H groups in total. The van der Waals surface area contributed by atoms with Crippen molar-refractivity contribution in [2.75, 3.05) is 19.6 Å². The first-order valence-electron chi connectivity index (χ1n) is 10.8. The van der Waals surface area contributed by atoms with Crippen molar-refractivity contribution in [3.05, 3.63) is 53.4 Å². The van der Waals surface area contributed by atoms with Crippen LogP contribution in [0.5, 0.6) is 0 Å². The van der Waals surface area contributed by atoms with E-state index in [4.69, 9.17) is 4.52 Å². The standard InChI is InChI=1S/C23H31N3O3/c1-17-15-21(29-25-17)22(28)24-16-23(18-7-3-2-4-8-18)11-9-19(20(27)10-12-23)26-13-5-6-14-26/h2-4,7-8,15,19-20,27H,5-6,9-14,16H2,1H3,(H,24,28)/t19-,20-,23-/m0/s1. The van der Waals surface area contributed by atoms with Crippen LogP contribution in [-0.2, 0) is 5.41 Å². The molecule has 3 atom stereocenters. The molecule has 0 bridgehead atoms. The van der Waals surface area contributed by atoms with Crippen molar-refractivity contribution in [3.63, 3.8) is 0 Å². The Labute approximate surface area is 172 Å². The molecule has 1 aliphatic carbocycles. The smallest absolute Gasteiger partial charge is 0.289 e. The summed E-state index contributed by atoms with van der Waals surface area (Å²) < 4.78 is 5.12. The van der Waals surface area contributed by atoms with Crippen molar-refractivity contribution in [1.29, 1.82) is 0 Å². The predicted molar refractivity (Wildman–Crippen MR) is 111 cm³/mol. The quantitative estimate of drug-likeness (QED) is 0.758. The number of aliphatic hydroxyl groups excluding tert-OH is 1. The van der Waals surface area contributed by atoms with Gasteiger partial charge >= 0.3 is 0 Å². The number of benzene rings is 1. The summed E-state index contributed by atoms with van der Waals surface area (Å²) in [5.41, 5.74) is 1.73. The SMILES string of the molecule is Cc1cc(C(=O)NC[C@@]2(c3ccccc3)CC[C@H](O)[C@@H](N3CCCC3)CC2)on1. The Hall–Kier alpha value is -2.18. The average molecular weight is 398 g/mol. The van der Waals surface area contributed by atoms with Crippen LogP contribution >= 0.6 is 0 Å². The molecular weight excluding hydrogens is 366 g/mol. The molecule has 2 fully saturated rings. The number of rotatable bonds is 5. The fourth-order valence-electron chi connectivity index (χ4n) is 5.02. The van der Waals surface area contributed by atoms with E-state index in [0.717, 1.165) is 38.8 Å². The van der Waals surface area contributed by atoms with Gasteiger partial charge in [0.1, 0.15) is 0 Å². The molecule has 6 nitrogen and oxygen atoms in total. The summed E-state index contributed by atoms with van der Waals surface area (Å²) in [5, 5.41) is 17.8. The second-order valence-corrected chi connectivity index (χ2v) is 8.62. The van der Waals surface area contributed by atoms with Crippen LogP contribution in [0.2, 0.25) is 0 Å². The van der Waals surface area contributed by atoms with Gasteiger partial charge in [0.15, 0.2) is 0 Å². The molecule has 1 saturated carbocycles. The number of aryl methyl sites for hydroxylation is 1. The molecule has 1 aromatic carbocycles. The van der Waals surface area contributed by atoms with E-state index < -0.39 is 0 Å². The second-order valence-electron chi connectivity index (χ2n) is 8.62. The number of nitrogens with one attached hydrogen (secondary N) is 1. The van der Waals surface area contributed by atoms with Crippen molar-refractivity contribution in [2.45, 2.75) is 63.0 Å². The first kappa shape index (κ1) is 20.1. The number of amides is 1. The van der Waals surface area contributed by atoms with Gasteiger partial charge in [0.2, 0.25) is 5.76 Å². The maximum atomic E-state index is 12.6. The highest BCUT2D eigenvalue weighted by molar-refractivity contribution is 5.91. The van der Waals surface area contributed by atoms with E-state index in [1.165, 1.54) is 18.4 Å². The lowest BCUT2D eigenvalue weighted by Gasteiger charge is -2.34. The molecule has 0 unspecified atom stereocenters. The molecular formula is C23H31N3O3. The summed E-state index contributed by atoms with van der Waals surface area (Å²) in [5.74, 6) is 0.0103. The van der Waals surface area contributed by atoms with E-state index in [9.17, 15) is 9.90 Å². The molecule has 2 heterocycles. The Kier molecular flexibility index (Phi) is 6.01. The first-order valence-corrected chi connectivity index (χ1v) is 10.8. The van der Waals surface area contributed by atoms with Crippen LogP contribution < -0.4 is 5.32 Å². The monoisotopic (exact) mass is 397 g/mol. The van der Waals surface area contributed by atoms with E-state index in [2.05, 4.69) is 39.6 Å². The number of aromatic nitrogens is 1. The third kappa shape index (κ3) is 4.38. The molecule has 156 valence electrons. The molecule has 1 aliphatic heterocycles. The summed E-state index contributed by atoms with van der Waals surface area (Å²) in [6, 6.07) is 12.3. The molecule has 2 aliphatic rings. The number of carbonyl (C=O) groups is 1. The van der Waals surface area contributed by atoms with Gasteiger partial charge in [0.05, 0.1) is 11.8 Å². The first-order chi connectivity index (χ1) is 14.1. The molecule has 1 amide bonds. The zero-order valence-corrected chi connectivity index (χ0v) is 17.1. The van der Waals surface area contributed by atoms with E-state index in [1.807, 2.05) is 6.07 Å². The lowest BCUT2D eigenvalue weighted by atomic mass is 9.74. The van der Waals surface area contributed by atoms with Crippen molar-refractivity contribution in [1.82, 2.24) is 15.4 Å². The summed E-state index contributed by atoms with van der Waals surface area (Å²) >= 11 is 0. The topological polar surface area (TPSA) is 78.6 Å².